The van der Waals surface area contributed by atoms with Crippen molar-refractivity contribution < 1.29 is 18.0 Å². The summed E-state index contributed by atoms with van der Waals surface area (Å²) in [5, 5.41) is 4.08. The second-order valence-corrected chi connectivity index (χ2v) is 6.45. The molecule has 0 aliphatic rings. The predicted molar refractivity (Wildman–Crippen MR) is 101 cm³/mol. The Kier molecular flexibility index (Phi) is 5.20. The summed E-state index contributed by atoms with van der Waals surface area (Å²) >= 11 is 6.40. The lowest BCUT2D eigenvalue weighted by atomic mass is 10.2. The van der Waals surface area contributed by atoms with Gasteiger partial charge in [-0.1, -0.05) is 16.8 Å². The number of rotatable bonds is 4. The monoisotopic (exact) mass is 411 g/mol. The molecule has 0 saturated heterocycles. The van der Waals surface area contributed by atoms with Gasteiger partial charge in [-0.25, -0.2) is 9.97 Å². The quantitative estimate of drug-likeness (QED) is 0.395. The molecule has 2 aromatic heterocycles. The second-order valence-electron chi connectivity index (χ2n) is 6.08. The van der Waals surface area contributed by atoms with Crippen LogP contribution in [-0.4, -0.2) is 27.0 Å². The third-order valence-electron chi connectivity index (χ3n) is 4.11. The van der Waals surface area contributed by atoms with Crippen molar-refractivity contribution in [3.8, 4) is 11.5 Å². The summed E-state index contributed by atoms with van der Waals surface area (Å²) < 4.78 is 40.6. The van der Waals surface area contributed by atoms with Crippen LogP contribution in [-0.2, 0) is 18.1 Å². The number of fused-ring (bicyclic) bond motifs is 1. The van der Waals surface area contributed by atoms with E-state index in [-0.39, 0.29) is 11.4 Å². The summed E-state index contributed by atoms with van der Waals surface area (Å²) in [5.74, 6) is 0.370. The predicted octanol–water partition coefficient (Wildman–Crippen LogP) is 4.27. The Labute approximate surface area is 163 Å². The lowest BCUT2D eigenvalue weighted by molar-refractivity contribution is -0.137. The number of nitrogens with two attached hydrogens (primary N) is 1. The van der Waals surface area contributed by atoms with E-state index in [2.05, 4.69) is 15.1 Å². The highest BCUT2D eigenvalue weighted by atomic mass is 35.5. The number of hydrogen-bond donors (Lipinski definition) is 1. The third-order valence-corrected chi connectivity index (χ3v) is 4.59. The van der Waals surface area contributed by atoms with Crippen LogP contribution in [0.1, 0.15) is 23.7 Å². The summed E-state index contributed by atoms with van der Waals surface area (Å²) in [6, 6.07) is 5.02. The number of pyridine rings is 1. The molecule has 0 unspecified atom stereocenters. The normalized spacial score (nSPS) is 12.6. The van der Waals surface area contributed by atoms with E-state index >= 15 is 0 Å². The number of imidazole rings is 1. The first-order valence-corrected chi connectivity index (χ1v) is 8.68. The van der Waals surface area contributed by atoms with Gasteiger partial charge in [0.1, 0.15) is 18.0 Å². The first kappa shape index (κ1) is 19.9. The summed E-state index contributed by atoms with van der Waals surface area (Å²) in [5.41, 5.74) is 7.10. The minimum absolute atomic E-state index is 0.0565. The molecule has 1 aromatic carbocycles. The van der Waals surface area contributed by atoms with Crippen LogP contribution in [0.5, 0.6) is 0 Å². The van der Waals surface area contributed by atoms with Crippen molar-refractivity contribution in [3.05, 3.63) is 46.1 Å². The number of oxime groups is 1. The Morgan fingerprint density at radius 3 is 2.64 bits per heavy atom. The number of benzene rings is 1. The number of nitrogens with zero attached hydrogens (tertiary/aromatic N) is 4. The molecular formula is C18H17ClF3N5O. The Morgan fingerprint density at radius 1 is 1.29 bits per heavy atom. The minimum Gasteiger partial charge on any atom is -0.394 e. The van der Waals surface area contributed by atoms with Gasteiger partial charge in [0, 0.05) is 7.05 Å². The largest absolute Gasteiger partial charge is 0.416 e. The molecule has 10 heteroatoms. The Hall–Kier alpha value is -2.81. The zero-order chi connectivity index (χ0) is 20.6. The number of hydrogen-bond acceptors (Lipinski definition) is 4. The molecule has 0 atom stereocenters. The second kappa shape index (κ2) is 7.31. The molecular weight excluding hydrogens is 395 g/mol. The fourth-order valence-electron chi connectivity index (χ4n) is 2.71. The van der Waals surface area contributed by atoms with Crippen molar-refractivity contribution in [2.45, 2.75) is 20.0 Å². The van der Waals surface area contributed by atoms with Gasteiger partial charge in [-0.2, -0.15) is 13.2 Å². The summed E-state index contributed by atoms with van der Waals surface area (Å²) in [6.07, 6.45) is -4.46. The van der Waals surface area contributed by atoms with E-state index in [1.807, 2.05) is 0 Å². The topological polar surface area (TPSA) is 78.3 Å². The van der Waals surface area contributed by atoms with Crippen molar-refractivity contribution in [1.29, 1.82) is 0 Å². The van der Waals surface area contributed by atoms with Gasteiger partial charge in [0.15, 0.2) is 11.7 Å². The van der Waals surface area contributed by atoms with Gasteiger partial charge in [0.2, 0.25) is 0 Å². The molecule has 28 heavy (non-hydrogen) atoms. The molecule has 0 amide bonds. The number of aromatic nitrogens is 3. The highest BCUT2D eigenvalue weighted by Gasteiger charge is 2.31. The molecule has 3 rings (SSSR count). The molecule has 0 spiro atoms. The van der Waals surface area contributed by atoms with Gasteiger partial charge in [-0.3, -0.25) is 0 Å². The van der Waals surface area contributed by atoms with Crippen LogP contribution >= 0.6 is 11.6 Å². The number of alkyl halides is 3. The average Bonchev–Trinajstić information content (AvgIpc) is 2.97. The fourth-order valence-corrected chi connectivity index (χ4v) is 2.89. The maximum atomic E-state index is 13.0. The zero-order valence-corrected chi connectivity index (χ0v) is 16.1. The van der Waals surface area contributed by atoms with E-state index < -0.39 is 11.7 Å². The maximum absolute atomic E-state index is 13.0. The number of amidine groups is 1. The van der Waals surface area contributed by atoms with Crippen LogP contribution < -0.4 is 5.73 Å². The SMILES string of the molecule is CCO/N=C(\N)c1cc(C)c(Cl)c(-c2nc3cc(C(F)(F)F)ccc3n2C)n1. The van der Waals surface area contributed by atoms with Crippen molar-refractivity contribution in [1.82, 2.24) is 14.5 Å². The van der Waals surface area contributed by atoms with Crippen molar-refractivity contribution in [3.63, 3.8) is 0 Å². The van der Waals surface area contributed by atoms with Crippen molar-refractivity contribution in [2.75, 3.05) is 6.61 Å². The summed E-state index contributed by atoms with van der Waals surface area (Å²) in [6.45, 7) is 3.86. The minimum atomic E-state index is -4.46. The van der Waals surface area contributed by atoms with Gasteiger partial charge >= 0.3 is 6.18 Å². The van der Waals surface area contributed by atoms with Gasteiger partial charge < -0.3 is 15.1 Å². The van der Waals surface area contributed by atoms with Gasteiger partial charge in [0.25, 0.3) is 0 Å². The molecule has 148 valence electrons. The molecule has 6 nitrogen and oxygen atoms in total. The van der Waals surface area contributed by atoms with Crippen molar-refractivity contribution >= 4 is 28.5 Å². The summed E-state index contributed by atoms with van der Waals surface area (Å²) in [7, 11) is 1.68. The molecule has 0 saturated carbocycles. The third kappa shape index (κ3) is 3.62. The van der Waals surface area contributed by atoms with Crippen molar-refractivity contribution in [2.24, 2.45) is 17.9 Å². The molecule has 0 fully saturated rings. The number of halogens is 4. The highest BCUT2D eigenvalue weighted by Crippen LogP contribution is 2.34. The molecule has 0 bridgehead atoms. The van der Waals surface area contributed by atoms with E-state index in [0.717, 1.165) is 12.1 Å². The highest BCUT2D eigenvalue weighted by molar-refractivity contribution is 6.33. The van der Waals surface area contributed by atoms with Gasteiger partial charge in [-0.05, 0) is 43.7 Å². The molecule has 2 heterocycles. The fraction of sp³-hybridized carbons (Fsp3) is 0.278. The smallest absolute Gasteiger partial charge is 0.394 e. The summed E-state index contributed by atoms with van der Waals surface area (Å²) in [4.78, 5) is 13.7. The lowest BCUT2D eigenvalue weighted by Gasteiger charge is -2.09. The van der Waals surface area contributed by atoms with E-state index in [1.165, 1.54) is 6.07 Å². The standard InChI is InChI=1S/C18H17ClF3N5O/c1-4-28-26-16(23)12-7-9(2)14(19)15(24-12)17-25-11-8-10(18(20,21)22)5-6-13(11)27(17)3/h5-8H,4H2,1-3H3,(H2,23,26). The van der Waals surface area contributed by atoms with E-state index in [4.69, 9.17) is 22.2 Å². The molecule has 2 N–H and O–H groups in total. The molecule has 3 aromatic rings. The van der Waals surface area contributed by atoms with E-state index in [9.17, 15) is 13.2 Å². The first-order chi connectivity index (χ1) is 13.1. The maximum Gasteiger partial charge on any atom is 0.416 e. The van der Waals surface area contributed by atoms with Crippen LogP contribution in [0.4, 0.5) is 13.2 Å². The van der Waals surface area contributed by atoms with Crippen LogP contribution in [0.15, 0.2) is 29.4 Å². The van der Waals surface area contributed by atoms with Crippen LogP contribution in [0.25, 0.3) is 22.6 Å². The Bertz CT molecular complexity index is 1080. The van der Waals surface area contributed by atoms with Crippen LogP contribution in [0.3, 0.4) is 0 Å². The Balaban J connectivity index is 2.19. The number of aryl methyl sites for hydroxylation is 2. The van der Waals surface area contributed by atoms with Gasteiger partial charge in [0.05, 0.1) is 21.6 Å². The van der Waals surface area contributed by atoms with E-state index in [0.29, 0.717) is 39.9 Å². The molecule has 0 radical (unpaired) electrons. The van der Waals surface area contributed by atoms with Crippen LogP contribution in [0, 0.1) is 6.92 Å². The lowest BCUT2D eigenvalue weighted by Crippen LogP contribution is -2.17. The van der Waals surface area contributed by atoms with E-state index in [1.54, 1.807) is 31.5 Å². The molecule has 0 aliphatic carbocycles. The molecule has 0 aliphatic heterocycles. The van der Waals surface area contributed by atoms with Gasteiger partial charge in [-0.15, -0.1) is 0 Å². The van der Waals surface area contributed by atoms with Crippen LogP contribution in [0.2, 0.25) is 5.02 Å². The first-order valence-electron chi connectivity index (χ1n) is 8.30. The average molecular weight is 412 g/mol. The zero-order valence-electron chi connectivity index (χ0n) is 15.3. The Morgan fingerprint density at radius 2 is 2.00 bits per heavy atom.